The first-order valence-corrected chi connectivity index (χ1v) is 10.9. The Hall–Kier alpha value is -3.72. The molecule has 34 heavy (non-hydrogen) atoms. The second kappa shape index (κ2) is 11.4. The number of methoxy groups -OCH3 is 2. The molecule has 1 aromatic heterocycles. The van der Waals surface area contributed by atoms with Crippen LogP contribution in [0.3, 0.4) is 0 Å². The van der Waals surface area contributed by atoms with Gasteiger partial charge in [0, 0.05) is 31.1 Å². The lowest BCUT2D eigenvalue weighted by Gasteiger charge is -2.23. The summed E-state index contributed by atoms with van der Waals surface area (Å²) >= 11 is 0. The number of aromatic nitrogens is 2. The van der Waals surface area contributed by atoms with Crippen molar-refractivity contribution in [1.29, 1.82) is 0 Å². The highest BCUT2D eigenvalue weighted by molar-refractivity contribution is 5.94. The van der Waals surface area contributed by atoms with Crippen molar-refractivity contribution in [1.82, 2.24) is 14.5 Å². The van der Waals surface area contributed by atoms with Crippen molar-refractivity contribution in [3.63, 3.8) is 0 Å². The number of nitrogens with one attached hydrogen (secondary N) is 1. The molecule has 0 fully saturated rings. The zero-order valence-corrected chi connectivity index (χ0v) is 19.7. The fraction of sp³-hybridized carbons (Fsp3) is 0.320. The number of anilines is 1. The van der Waals surface area contributed by atoms with Crippen LogP contribution in [-0.4, -0.2) is 60.2 Å². The fourth-order valence-electron chi connectivity index (χ4n) is 3.42. The highest BCUT2D eigenvalue weighted by Gasteiger charge is 2.20. The van der Waals surface area contributed by atoms with E-state index in [-0.39, 0.29) is 36.7 Å². The van der Waals surface area contributed by atoms with Crippen molar-refractivity contribution < 1.29 is 23.5 Å². The van der Waals surface area contributed by atoms with Gasteiger partial charge >= 0.3 is 0 Å². The monoisotopic (exact) mass is 468 g/mol. The number of amides is 2. The number of nitrogens with zero attached hydrogens (tertiary/aromatic N) is 3. The van der Waals surface area contributed by atoms with Gasteiger partial charge in [0.15, 0.2) is 0 Å². The molecule has 3 rings (SSSR count). The summed E-state index contributed by atoms with van der Waals surface area (Å²) in [7, 11) is 3.03. The van der Waals surface area contributed by atoms with Crippen molar-refractivity contribution in [2.75, 3.05) is 39.2 Å². The van der Waals surface area contributed by atoms with Crippen molar-refractivity contribution in [2.45, 2.75) is 13.8 Å². The Bertz CT molecular complexity index is 1110. The molecule has 0 atom stereocenters. The third kappa shape index (κ3) is 6.41. The fourth-order valence-corrected chi connectivity index (χ4v) is 3.42. The van der Waals surface area contributed by atoms with E-state index in [1.54, 1.807) is 30.0 Å². The molecular weight excluding hydrogens is 439 g/mol. The van der Waals surface area contributed by atoms with Crippen molar-refractivity contribution >= 4 is 17.8 Å². The SMILES string of the molecule is COCC(=O)N(CC(=O)Nc1nc(-c2ccc(OC)cc2)cn1-c1ccc(F)cc1)CC(C)C. The molecule has 0 aliphatic heterocycles. The lowest BCUT2D eigenvalue weighted by molar-refractivity contribution is -0.138. The highest BCUT2D eigenvalue weighted by atomic mass is 19.1. The first-order valence-electron chi connectivity index (χ1n) is 10.9. The van der Waals surface area contributed by atoms with Crippen molar-refractivity contribution in [3.05, 3.63) is 60.5 Å². The van der Waals surface area contributed by atoms with Crippen LogP contribution in [0, 0.1) is 11.7 Å². The quantitative estimate of drug-likeness (QED) is 0.490. The van der Waals surface area contributed by atoms with Crippen molar-refractivity contribution in [2.24, 2.45) is 5.92 Å². The minimum atomic E-state index is -0.402. The third-order valence-corrected chi connectivity index (χ3v) is 4.99. The molecule has 8 nitrogen and oxygen atoms in total. The molecule has 2 amide bonds. The molecule has 3 aromatic rings. The van der Waals surface area contributed by atoms with Crippen LogP contribution in [0.1, 0.15) is 13.8 Å². The van der Waals surface area contributed by atoms with Gasteiger partial charge in [-0.15, -0.1) is 0 Å². The second-order valence-electron chi connectivity index (χ2n) is 8.17. The number of benzene rings is 2. The Kier molecular flexibility index (Phi) is 8.37. The van der Waals surface area contributed by atoms with Crippen LogP contribution in [0.25, 0.3) is 16.9 Å². The molecule has 0 spiro atoms. The van der Waals surface area contributed by atoms with E-state index >= 15 is 0 Å². The van der Waals surface area contributed by atoms with Gasteiger partial charge in [-0.25, -0.2) is 9.37 Å². The summed E-state index contributed by atoms with van der Waals surface area (Å²) < 4.78 is 25.3. The minimum absolute atomic E-state index is 0.105. The summed E-state index contributed by atoms with van der Waals surface area (Å²) in [4.78, 5) is 31.3. The van der Waals surface area contributed by atoms with Crippen LogP contribution in [0.4, 0.5) is 10.3 Å². The first-order chi connectivity index (χ1) is 16.3. The van der Waals surface area contributed by atoms with E-state index in [4.69, 9.17) is 9.47 Å². The standard InChI is InChI=1S/C25H29FN4O4/c1-17(2)13-29(24(32)16-33-3)15-23(31)28-25-27-22(18-5-11-21(34-4)12-6-18)14-30(25)20-9-7-19(26)8-10-20/h5-12,14,17H,13,15-16H2,1-4H3,(H,27,28,31). The molecule has 2 aromatic carbocycles. The maximum absolute atomic E-state index is 13.5. The molecule has 0 unspecified atom stereocenters. The third-order valence-electron chi connectivity index (χ3n) is 4.99. The maximum atomic E-state index is 13.5. The Morgan fingerprint density at radius 3 is 2.35 bits per heavy atom. The number of hydrogen-bond donors (Lipinski definition) is 1. The number of carbonyl (C=O) groups is 2. The van der Waals surface area contributed by atoms with Gasteiger partial charge in [-0.3, -0.25) is 19.5 Å². The van der Waals surface area contributed by atoms with Gasteiger partial charge in [-0.1, -0.05) is 13.8 Å². The number of rotatable bonds is 10. The molecule has 9 heteroatoms. The Morgan fingerprint density at radius 2 is 1.76 bits per heavy atom. The zero-order valence-electron chi connectivity index (χ0n) is 19.7. The number of halogens is 1. The molecule has 0 bridgehead atoms. The van der Waals surface area contributed by atoms with Crippen LogP contribution in [0.2, 0.25) is 0 Å². The number of ether oxygens (including phenoxy) is 2. The van der Waals surface area contributed by atoms with Crippen LogP contribution in [0.5, 0.6) is 5.75 Å². The summed E-state index contributed by atoms with van der Waals surface area (Å²) in [6.45, 7) is 4.10. The smallest absolute Gasteiger partial charge is 0.249 e. The first kappa shape index (κ1) is 24.9. The van der Waals surface area contributed by atoms with E-state index in [1.807, 2.05) is 38.1 Å². The molecule has 0 aliphatic carbocycles. The average Bonchev–Trinajstić information content (AvgIpc) is 3.22. The van der Waals surface area contributed by atoms with E-state index in [9.17, 15) is 14.0 Å². The van der Waals surface area contributed by atoms with Gasteiger partial charge in [0.1, 0.15) is 24.7 Å². The molecule has 180 valence electrons. The second-order valence-corrected chi connectivity index (χ2v) is 8.17. The summed E-state index contributed by atoms with van der Waals surface area (Å²) in [6.07, 6.45) is 1.76. The number of imidazole rings is 1. The van der Waals surface area contributed by atoms with E-state index in [0.717, 1.165) is 5.56 Å². The van der Waals surface area contributed by atoms with Gasteiger partial charge in [0.2, 0.25) is 17.8 Å². The zero-order chi connectivity index (χ0) is 24.7. The predicted octanol–water partition coefficient (Wildman–Crippen LogP) is 3.76. The topological polar surface area (TPSA) is 85.7 Å². The minimum Gasteiger partial charge on any atom is -0.497 e. The van der Waals surface area contributed by atoms with E-state index in [1.165, 1.54) is 24.1 Å². The lowest BCUT2D eigenvalue weighted by Crippen LogP contribution is -2.42. The van der Waals surface area contributed by atoms with Gasteiger partial charge in [-0.05, 0) is 54.4 Å². The van der Waals surface area contributed by atoms with Crippen LogP contribution < -0.4 is 10.1 Å². The summed E-state index contributed by atoms with van der Waals surface area (Å²) in [5.74, 6) is 0.0992. The number of carbonyl (C=O) groups excluding carboxylic acids is 2. The molecule has 0 radical (unpaired) electrons. The summed E-state index contributed by atoms with van der Waals surface area (Å²) in [6, 6.07) is 13.2. The summed E-state index contributed by atoms with van der Waals surface area (Å²) in [5.41, 5.74) is 2.05. The highest BCUT2D eigenvalue weighted by Crippen LogP contribution is 2.26. The van der Waals surface area contributed by atoms with Crippen LogP contribution >= 0.6 is 0 Å². The van der Waals surface area contributed by atoms with E-state index in [2.05, 4.69) is 10.3 Å². The molecule has 0 saturated heterocycles. The Morgan fingerprint density at radius 1 is 1.09 bits per heavy atom. The lowest BCUT2D eigenvalue weighted by atomic mass is 10.1. The van der Waals surface area contributed by atoms with Gasteiger partial charge < -0.3 is 14.4 Å². The van der Waals surface area contributed by atoms with Gasteiger partial charge in [0.25, 0.3) is 0 Å². The van der Waals surface area contributed by atoms with Crippen LogP contribution in [0.15, 0.2) is 54.7 Å². The molecule has 0 aliphatic rings. The molecule has 0 saturated carbocycles. The summed E-state index contributed by atoms with van der Waals surface area (Å²) in [5, 5.41) is 2.80. The Balaban J connectivity index is 1.90. The average molecular weight is 469 g/mol. The van der Waals surface area contributed by atoms with Gasteiger partial charge in [-0.2, -0.15) is 0 Å². The molecular formula is C25H29FN4O4. The molecule has 1 heterocycles. The van der Waals surface area contributed by atoms with Gasteiger partial charge in [0.05, 0.1) is 12.8 Å². The Labute approximate surface area is 198 Å². The number of hydrogen-bond acceptors (Lipinski definition) is 5. The van der Waals surface area contributed by atoms with E-state index in [0.29, 0.717) is 23.7 Å². The largest absolute Gasteiger partial charge is 0.497 e. The van der Waals surface area contributed by atoms with Crippen molar-refractivity contribution in [3.8, 4) is 22.7 Å². The van der Waals surface area contributed by atoms with Crippen LogP contribution in [-0.2, 0) is 14.3 Å². The van der Waals surface area contributed by atoms with E-state index < -0.39 is 5.91 Å². The normalized spacial score (nSPS) is 10.9. The molecule has 1 N–H and O–H groups in total. The predicted molar refractivity (Wildman–Crippen MR) is 127 cm³/mol. The maximum Gasteiger partial charge on any atom is 0.249 e.